The van der Waals surface area contributed by atoms with Gasteiger partial charge < -0.3 is 0 Å². The maximum atomic E-state index is 9.04. The summed E-state index contributed by atoms with van der Waals surface area (Å²) in [6, 6.07) is 2.17. The average Bonchev–Trinajstić information content (AvgIpc) is 2.93. The molecule has 3 heterocycles. The van der Waals surface area contributed by atoms with Crippen molar-refractivity contribution in [3.63, 3.8) is 0 Å². The Balaban J connectivity index is 1.92. The number of aromatic nitrogens is 1. The molecule has 0 fully saturated rings. The van der Waals surface area contributed by atoms with E-state index in [4.69, 9.17) is 10.5 Å². The number of hydrogen-bond donors (Lipinski definition) is 0. The van der Waals surface area contributed by atoms with Crippen molar-refractivity contribution in [1.82, 2.24) is 8.68 Å². The third-order valence-corrected chi connectivity index (χ3v) is 9.34. The predicted octanol–water partition coefficient (Wildman–Crippen LogP) is 4.12. The van der Waals surface area contributed by atoms with Gasteiger partial charge in [-0.05, 0) is 55.9 Å². The monoisotopic (exact) mass is 346 g/mol. The van der Waals surface area contributed by atoms with Crippen LogP contribution in [0.3, 0.4) is 0 Å². The summed E-state index contributed by atoms with van der Waals surface area (Å²) in [6.45, 7) is 0. The molecule has 0 N–H and O–H groups in total. The van der Waals surface area contributed by atoms with Gasteiger partial charge in [0.05, 0.1) is 4.90 Å². The standard InChI is InChI=1S/C8H2N4S6/c9-1-4-6-7(11-14-4)17-15-5-2-13-12(3-10)8(5)18-16-6/h2H2. The minimum absolute atomic E-state index is 0.647. The zero-order valence-electron chi connectivity index (χ0n) is 8.45. The molecule has 0 aliphatic carbocycles. The molecule has 0 atom stereocenters. The van der Waals surface area contributed by atoms with Crippen molar-refractivity contribution in [3.05, 3.63) is 14.8 Å². The molecule has 1 aromatic rings. The molecule has 2 aliphatic rings. The van der Waals surface area contributed by atoms with Crippen LogP contribution in [0.15, 0.2) is 19.9 Å². The largest absolute Gasteiger partial charge is 0.213 e. The molecule has 4 nitrogen and oxygen atoms in total. The topological polar surface area (TPSA) is 63.7 Å². The van der Waals surface area contributed by atoms with E-state index in [2.05, 4.69) is 16.6 Å². The van der Waals surface area contributed by atoms with Crippen molar-refractivity contribution in [2.45, 2.75) is 9.92 Å². The van der Waals surface area contributed by atoms with E-state index in [1.54, 1.807) is 25.9 Å². The molecule has 0 radical (unpaired) electrons. The van der Waals surface area contributed by atoms with Crippen molar-refractivity contribution >= 4 is 66.7 Å². The van der Waals surface area contributed by atoms with E-state index in [0.29, 0.717) is 4.88 Å². The molecule has 0 unspecified atom stereocenters. The Kier molecular flexibility index (Phi) is 3.94. The summed E-state index contributed by atoms with van der Waals surface area (Å²) >= 11 is 2.74. The van der Waals surface area contributed by atoms with Crippen LogP contribution >= 0.6 is 66.7 Å². The quantitative estimate of drug-likeness (QED) is 0.392. The first kappa shape index (κ1) is 12.9. The molecule has 1 aromatic heterocycles. The van der Waals surface area contributed by atoms with E-state index in [-0.39, 0.29) is 0 Å². The van der Waals surface area contributed by atoms with Crippen LogP contribution in [-0.4, -0.2) is 14.4 Å². The highest BCUT2D eigenvalue weighted by molar-refractivity contribution is 8.81. The van der Waals surface area contributed by atoms with Gasteiger partial charge in [0.15, 0.2) is 6.19 Å². The summed E-state index contributed by atoms with van der Waals surface area (Å²) in [5.41, 5.74) is 0. The Morgan fingerprint density at radius 1 is 1.17 bits per heavy atom. The molecular formula is C8H2N4S6. The summed E-state index contributed by atoms with van der Waals surface area (Å²) in [5.74, 6) is 0.832. The second kappa shape index (κ2) is 5.49. The summed E-state index contributed by atoms with van der Waals surface area (Å²) in [5, 5.41) is 20.0. The average molecular weight is 347 g/mol. The summed E-state index contributed by atoms with van der Waals surface area (Å²) in [7, 11) is 6.27. The van der Waals surface area contributed by atoms with E-state index in [9.17, 15) is 0 Å². The maximum Gasteiger partial charge on any atom is 0.196 e. The first-order chi connectivity index (χ1) is 8.83. The highest BCUT2D eigenvalue weighted by Gasteiger charge is 2.29. The summed E-state index contributed by atoms with van der Waals surface area (Å²) in [6.07, 6.45) is 2.16. The lowest BCUT2D eigenvalue weighted by Gasteiger charge is -2.12. The third kappa shape index (κ3) is 2.22. The first-order valence-corrected chi connectivity index (χ1v) is 10.5. The highest BCUT2D eigenvalue weighted by atomic mass is 33.1. The van der Waals surface area contributed by atoms with Gasteiger partial charge in [0.25, 0.3) is 0 Å². The lowest BCUT2D eigenvalue weighted by Crippen LogP contribution is -1.99. The van der Waals surface area contributed by atoms with Gasteiger partial charge in [-0.1, -0.05) is 10.8 Å². The molecule has 90 valence electrons. The second-order valence-corrected chi connectivity index (χ2v) is 9.01. The van der Waals surface area contributed by atoms with Crippen LogP contribution in [-0.2, 0) is 0 Å². The van der Waals surface area contributed by atoms with Gasteiger partial charge in [0.1, 0.15) is 21.0 Å². The fourth-order valence-electron chi connectivity index (χ4n) is 1.21. The molecule has 18 heavy (non-hydrogen) atoms. The molecule has 0 spiro atoms. The minimum atomic E-state index is 0.647. The number of nitrogens with zero attached hydrogens (tertiary/aromatic N) is 4. The Hall–Kier alpha value is -0.100. The zero-order valence-corrected chi connectivity index (χ0v) is 13.3. The van der Waals surface area contributed by atoms with Crippen molar-refractivity contribution in [3.8, 4) is 12.3 Å². The number of fused-ring (bicyclic) bond motifs is 1. The lowest BCUT2D eigenvalue weighted by molar-refractivity contribution is 0.872. The van der Waals surface area contributed by atoms with Gasteiger partial charge in [-0.15, -0.1) is 0 Å². The Labute approximate surface area is 128 Å². The Bertz CT molecular complexity index is 608. The lowest BCUT2D eigenvalue weighted by atomic mass is 10.5. The molecule has 0 saturated heterocycles. The van der Waals surface area contributed by atoms with Crippen molar-refractivity contribution in [2.24, 2.45) is 0 Å². The molecule has 0 bridgehead atoms. The predicted molar refractivity (Wildman–Crippen MR) is 80.7 cm³/mol. The van der Waals surface area contributed by atoms with Crippen LogP contribution in [0.5, 0.6) is 0 Å². The maximum absolute atomic E-state index is 9.04. The molecule has 2 aliphatic heterocycles. The van der Waals surface area contributed by atoms with E-state index in [1.807, 2.05) is 0 Å². The van der Waals surface area contributed by atoms with Gasteiger partial charge in [-0.3, -0.25) is 0 Å². The van der Waals surface area contributed by atoms with Crippen LogP contribution in [0.25, 0.3) is 0 Å². The van der Waals surface area contributed by atoms with Crippen LogP contribution in [0, 0.1) is 22.8 Å². The van der Waals surface area contributed by atoms with E-state index < -0.39 is 0 Å². The van der Waals surface area contributed by atoms with Crippen molar-refractivity contribution in [2.75, 3.05) is 5.75 Å². The number of hydrogen-bond acceptors (Lipinski definition) is 10. The highest BCUT2D eigenvalue weighted by Crippen LogP contribution is 2.57. The van der Waals surface area contributed by atoms with Crippen LogP contribution in [0.2, 0.25) is 0 Å². The Morgan fingerprint density at radius 3 is 2.83 bits per heavy atom. The number of nitriles is 2. The minimum Gasteiger partial charge on any atom is -0.213 e. The van der Waals surface area contributed by atoms with E-state index in [1.165, 1.54) is 50.0 Å². The van der Waals surface area contributed by atoms with Crippen molar-refractivity contribution in [1.29, 1.82) is 10.5 Å². The van der Waals surface area contributed by atoms with Gasteiger partial charge >= 0.3 is 0 Å². The van der Waals surface area contributed by atoms with Gasteiger partial charge in [0, 0.05) is 10.7 Å². The molecule has 0 amide bonds. The smallest absolute Gasteiger partial charge is 0.196 e. The zero-order chi connectivity index (χ0) is 12.5. The fourth-order valence-corrected chi connectivity index (χ4v) is 9.58. The van der Waals surface area contributed by atoms with Crippen LogP contribution in [0.1, 0.15) is 4.88 Å². The van der Waals surface area contributed by atoms with Crippen LogP contribution < -0.4 is 0 Å². The van der Waals surface area contributed by atoms with Crippen LogP contribution in [0.4, 0.5) is 0 Å². The van der Waals surface area contributed by atoms with E-state index in [0.717, 1.165) is 20.7 Å². The summed E-state index contributed by atoms with van der Waals surface area (Å²) < 4.78 is 5.94. The SMILES string of the molecule is N#Cc1snc2c1SSC1=C(CSN1C#N)SS2. The Morgan fingerprint density at radius 2 is 2.06 bits per heavy atom. The third-order valence-electron chi connectivity index (χ3n) is 1.99. The summed E-state index contributed by atoms with van der Waals surface area (Å²) in [4.78, 5) is 2.77. The molecular weight excluding hydrogens is 345 g/mol. The first-order valence-electron chi connectivity index (χ1n) is 4.48. The molecule has 0 aromatic carbocycles. The number of rotatable bonds is 0. The fraction of sp³-hybridized carbons (Fsp3) is 0.125. The van der Waals surface area contributed by atoms with Gasteiger partial charge in [0.2, 0.25) is 0 Å². The normalized spacial score (nSPS) is 18.4. The van der Waals surface area contributed by atoms with Crippen molar-refractivity contribution < 1.29 is 0 Å². The molecule has 0 saturated carbocycles. The van der Waals surface area contributed by atoms with E-state index >= 15 is 0 Å². The van der Waals surface area contributed by atoms with Gasteiger partial charge in [-0.25, -0.2) is 4.31 Å². The molecule has 3 rings (SSSR count). The molecule has 10 heteroatoms. The second-order valence-electron chi connectivity index (χ2n) is 2.99. The van der Waals surface area contributed by atoms with Gasteiger partial charge in [-0.2, -0.15) is 14.9 Å².